The summed E-state index contributed by atoms with van der Waals surface area (Å²) in [6.07, 6.45) is 6.15. The summed E-state index contributed by atoms with van der Waals surface area (Å²) in [5.74, 6) is 1.53. The Labute approximate surface area is 160 Å². The van der Waals surface area contributed by atoms with E-state index in [1.165, 1.54) is 6.26 Å². The molecule has 0 bridgehead atoms. The molecule has 0 spiro atoms. The molecule has 1 saturated heterocycles. The average molecular weight is 391 g/mol. The van der Waals surface area contributed by atoms with Gasteiger partial charge in [-0.15, -0.1) is 0 Å². The van der Waals surface area contributed by atoms with E-state index >= 15 is 0 Å². The highest BCUT2D eigenvalue weighted by Gasteiger charge is 2.36. The molecule has 1 aliphatic heterocycles. The fourth-order valence-electron chi connectivity index (χ4n) is 3.43. The number of hydrogen-bond donors (Lipinski definition) is 1. The Balaban J connectivity index is 1.86. The topological polar surface area (TPSA) is 94.1 Å². The molecule has 27 heavy (non-hydrogen) atoms. The summed E-state index contributed by atoms with van der Waals surface area (Å²) in [4.78, 5) is 13.3. The standard InChI is InChI=1S/C19H26N4O3S/c1-14-15(2)22-18(16-4-8-20-9-5-16)23-17(14)21-12-19(13-27(3,24)25)6-10-26-11-7-19/h4-5,8-9H,6-7,10-13H2,1-3H3,(H,21,22,23). The number of nitrogens with zero attached hydrogens (tertiary/aromatic N) is 3. The molecular formula is C19H26N4O3S. The Bertz CT molecular complexity index is 895. The summed E-state index contributed by atoms with van der Waals surface area (Å²) in [5.41, 5.74) is 2.42. The Hall–Kier alpha value is -2.06. The normalized spacial score (nSPS) is 16.9. The van der Waals surface area contributed by atoms with E-state index in [-0.39, 0.29) is 11.2 Å². The molecule has 0 unspecified atom stereocenters. The molecule has 2 aromatic heterocycles. The smallest absolute Gasteiger partial charge is 0.161 e. The quantitative estimate of drug-likeness (QED) is 0.809. The monoisotopic (exact) mass is 390 g/mol. The molecule has 146 valence electrons. The molecule has 0 radical (unpaired) electrons. The minimum atomic E-state index is -3.09. The van der Waals surface area contributed by atoms with Gasteiger partial charge in [-0.25, -0.2) is 18.4 Å². The summed E-state index contributed by atoms with van der Waals surface area (Å²) in [5, 5.41) is 3.41. The zero-order chi connectivity index (χ0) is 19.5. The van der Waals surface area contributed by atoms with E-state index in [1.54, 1.807) is 12.4 Å². The lowest BCUT2D eigenvalue weighted by Gasteiger charge is -2.37. The lowest BCUT2D eigenvalue weighted by Crippen LogP contribution is -2.41. The zero-order valence-corrected chi connectivity index (χ0v) is 16.8. The molecule has 1 N–H and O–H groups in total. The van der Waals surface area contributed by atoms with Crippen LogP contribution in [-0.4, -0.2) is 55.1 Å². The molecule has 0 atom stereocenters. The van der Waals surface area contributed by atoms with Crippen LogP contribution in [0.5, 0.6) is 0 Å². The maximum atomic E-state index is 12.0. The summed E-state index contributed by atoms with van der Waals surface area (Å²) >= 11 is 0. The van der Waals surface area contributed by atoms with Crippen LogP contribution < -0.4 is 5.32 Å². The number of ether oxygens (including phenoxy) is 1. The predicted octanol–water partition coefficient (Wildman–Crippen LogP) is 2.41. The number of hydrogen-bond acceptors (Lipinski definition) is 7. The highest BCUT2D eigenvalue weighted by molar-refractivity contribution is 7.90. The third-order valence-electron chi connectivity index (χ3n) is 5.08. The molecule has 0 amide bonds. The van der Waals surface area contributed by atoms with Crippen LogP contribution in [0.25, 0.3) is 11.4 Å². The first-order valence-electron chi connectivity index (χ1n) is 9.03. The van der Waals surface area contributed by atoms with E-state index in [2.05, 4.69) is 20.3 Å². The van der Waals surface area contributed by atoms with Crippen LogP contribution in [0.1, 0.15) is 24.1 Å². The summed E-state index contributed by atoms with van der Waals surface area (Å²) in [6.45, 7) is 5.63. The largest absolute Gasteiger partial charge is 0.381 e. The molecule has 1 aliphatic rings. The van der Waals surface area contributed by atoms with Crippen molar-refractivity contribution < 1.29 is 13.2 Å². The number of aromatic nitrogens is 3. The minimum absolute atomic E-state index is 0.149. The van der Waals surface area contributed by atoms with Gasteiger partial charge >= 0.3 is 0 Å². The number of aryl methyl sites for hydroxylation is 1. The third-order valence-corrected chi connectivity index (χ3v) is 6.22. The SMILES string of the molecule is Cc1nc(-c2ccncc2)nc(NCC2(CS(C)(=O)=O)CCOCC2)c1C. The third kappa shape index (κ3) is 5.01. The first kappa shape index (κ1) is 19.7. The van der Waals surface area contributed by atoms with Crippen molar-refractivity contribution in [2.24, 2.45) is 5.41 Å². The van der Waals surface area contributed by atoms with Crippen molar-refractivity contribution in [1.82, 2.24) is 15.0 Å². The number of pyridine rings is 1. The van der Waals surface area contributed by atoms with Crippen LogP contribution in [0.3, 0.4) is 0 Å². The van der Waals surface area contributed by atoms with Gasteiger partial charge in [0.2, 0.25) is 0 Å². The van der Waals surface area contributed by atoms with E-state index in [0.29, 0.717) is 38.4 Å². The molecule has 3 heterocycles. The molecular weight excluding hydrogens is 364 g/mol. The van der Waals surface area contributed by atoms with Gasteiger partial charge in [0.05, 0.1) is 5.75 Å². The van der Waals surface area contributed by atoms with E-state index in [1.807, 2.05) is 26.0 Å². The Morgan fingerprint density at radius 2 is 1.81 bits per heavy atom. The van der Waals surface area contributed by atoms with Gasteiger partial charge in [-0.2, -0.15) is 0 Å². The van der Waals surface area contributed by atoms with Crippen molar-refractivity contribution in [3.8, 4) is 11.4 Å². The van der Waals surface area contributed by atoms with Crippen LogP contribution in [0.4, 0.5) is 5.82 Å². The maximum Gasteiger partial charge on any atom is 0.161 e. The van der Waals surface area contributed by atoms with E-state index in [0.717, 1.165) is 22.6 Å². The second-order valence-electron chi connectivity index (χ2n) is 7.38. The van der Waals surface area contributed by atoms with Crippen LogP contribution >= 0.6 is 0 Å². The van der Waals surface area contributed by atoms with Crippen molar-refractivity contribution in [3.63, 3.8) is 0 Å². The number of rotatable bonds is 6. The van der Waals surface area contributed by atoms with Crippen molar-refractivity contribution in [2.45, 2.75) is 26.7 Å². The van der Waals surface area contributed by atoms with Gasteiger partial charge in [0, 0.05) is 60.6 Å². The van der Waals surface area contributed by atoms with Crippen LogP contribution in [0, 0.1) is 19.3 Å². The summed E-state index contributed by atoms with van der Waals surface area (Å²) in [6, 6.07) is 3.75. The second-order valence-corrected chi connectivity index (χ2v) is 9.52. The molecule has 1 fully saturated rings. The molecule has 2 aromatic rings. The van der Waals surface area contributed by atoms with Crippen LogP contribution in [-0.2, 0) is 14.6 Å². The number of sulfone groups is 1. The minimum Gasteiger partial charge on any atom is -0.381 e. The van der Waals surface area contributed by atoms with Crippen molar-refractivity contribution >= 4 is 15.7 Å². The van der Waals surface area contributed by atoms with Gasteiger partial charge in [-0.1, -0.05) is 0 Å². The molecule has 0 aliphatic carbocycles. The predicted molar refractivity (Wildman–Crippen MR) is 105 cm³/mol. The fraction of sp³-hybridized carbons (Fsp3) is 0.526. The summed E-state index contributed by atoms with van der Waals surface area (Å²) < 4.78 is 29.4. The van der Waals surface area contributed by atoms with Crippen LogP contribution in [0.15, 0.2) is 24.5 Å². The molecule has 3 rings (SSSR count). The zero-order valence-electron chi connectivity index (χ0n) is 16.0. The lowest BCUT2D eigenvalue weighted by molar-refractivity contribution is 0.0315. The first-order valence-corrected chi connectivity index (χ1v) is 11.1. The van der Waals surface area contributed by atoms with E-state index in [9.17, 15) is 8.42 Å². The van der Waals surface area contributed by atoms with E-state index < -0.39 is 9.84 Å². The van der Waals surface area contributed by atoms with E-state index in [4.69, 9.17) is 4.74 Å². The van der Waals surface area contributed by atoms with Crippen molar-refractivity contribution in [3.05, 3.63) is 35.8 Å². The Kier molecular flexibility index (Phi) is 5.76. The molecule has 7 nitrogen and oxygen atoms in total. The van der Waals surface area contributed by atoms with Gasteiger partial charge in [-0.3, -0.25) is 4.98 Å². The average Bonchev–Trinajstić information content (AvgIpc) is 2.63. The number of anilines is 1. The lowest BCUT2D eigenvalue weighted by atomic mass is 9.82. The summed E-state index contributed by atoms with van der Waals surface area (Å²) in [7, 11) is -3.09. The Morgan fingerprint density at radius 3 is 2.44 bits per heavy atom. The van der Waals surface area contributed by atoms with Gasteiger partial charge in [0.1, 0.15) is 15.7 Å². The number of nitrogens with one attached hydrogen (secondary N) is 1. The highest BCUT2D eigenvalue weighted by Crippen LogP contribution is 2.33. The van der Waals surface area contributed by atoms with Gasteiger partial charge in [0.25, 0.3) is 0 Å². The fourth-order valence-corrected chi connectivity index (χ4v) is 4.94. The van der Waals surface area contributed by atoms with Gasteiger partial charge in [-0.05, 0) is 38.8 Å². The van der Waals surface area contributed by atoms with Crippen molar-refractivity contribution in [2.75, 3.05) is 37.1 Å². The Morgan fingerprint density at radius 1 is 1.15 bits per heavy atom. The first-order chi connectivity index (χ1) is 12.8. The molecule has 8 heteroatoms. The highest BCUT2D eigenvalue weighted by atomic mass is 32.2. The molecule has 0 saturated carbocycles. The second kappa shape index (κ2) is 7.90. The van der Waals surface area contributed by atoms with Crippen molar-refractivity contribution in [1.29, 1.82) is 0 Å². The van der Waals surface area contributed by atoms with Gasteiger partial charge < -0.3 is 10.1 Å². The molecule has 0 aromatic carbocycles. The maximum absolute atomic E-state index is 12.0. The van der Waals surface area contributed by atoms with Gasteiger partial charge in [0.15, 0.2) is 5.82 Å². The van der Waals surface area contributed by atoms with Crippen LogP contribution in [0.2, 0.25) is 0 Å².